The van der Waals surface area contributed by atoms with E-state index in [-0.39, 0.29) is 0 Å². The van der Waals surface area contributed by atoms with Gasteiger partial charge in [-0.15, -0.1) is 0 Å². The maximum Gasteiger partial charge on any atom is 0.0561 e. The average Bonchev–Trinajstić information content (AvgIpc) is 2.63. The molecule has 0 saturated heterocycles. The third-order valence-corrected chi connectivity index (χ3v) is 7.95. The summed E-state index contributed by atoms with van der Waals surface area (Å²) in [7, 11) is -1.32. The lowest BCUT2D eigenvalue weighted by Gasteiger charge is -2.23. The molecular weight excluding hydrogens is 328 g/mol. The summed E-state index contributed by atoms with van der Waals surface area (Å²) < 4.78 is 0. The molecule has 3 aromatic carbocycles. The van der Waals surface area contributed by atoms with E-state index in [0.29, 0.717) is 0 Å². The molecule has 6 bridgehead atoms. The summed E-state index contributed by atoms with van der Waals surface area (Å²) in [5.74, 6) is 0. The Balaban J connectivity index is 1.72. The van der Waals surface area contributed by atoms with Gasteiger partial charge in [-0.2, -0.15) is 0 Å². The second-order valence-corrected chi connectivity index (χ2v) is 13.4. The Morgan fingerprint density at radius 3 is 1.31 bits per heavy atom. The molecule has 0 saturated carbocycles. The van der Waals surface area contributed by atoms with Crippen molar-refractivity contribution in [3.63, 3.8) is 0 Å². The fraction of sp³-hybridized carbons (Fsp3) is 0.200. The van der Waals surface area contributed by atoms with E-state index in [4.69, 9.17) is 0 Å². The highest BCUT2D eigenvalue weighted by molar-refractivity contribution is 6.76. The molecule has 0 amide bonds. The number of hydrogen-bond acceptors (Lipinski definition) is 0. The third-order valence-electron chi connectivity index (χ3n) is 5.22. The largest absolute Gasteiger partial charge is 0.0689 e. The van der Waals surface area contributed by atoms with Crippen LogP contribution in [0.3, 0.4) is 0 Å². The van der Waals surface area contributed by atoms with Crippen LogP contribution in [0.25, 0.3) is 12.2 Å². The maximum absolute atomic E-state index is 2.51. The van der Waals surface area contributed by atoms with Crippen molar-refractivity contribution < 1.29 is 0 Å². The molecule has 0 aliphatic carbocycles. The molecule has 0 unspecified atom stereocenters. The van der Waals surface area contributed by atoms with Crippen molar-refractivity contribution in [3.05, 3.63) is 106 Å². The summed E-state index contributed by atoms with van der Waals surface area (Å²) >= 11 is 0. The van der Waals surface area contributed by atoms with Crippen molar-refractivity contribution in [2.45, 2.75) is 31.6 Å². The van der Waals surface area contributed by atoms with Crippen molar-refractivity contribution in [1.29, 1.82) is 0 Å². The van der Waals surface area contributed by atoms with Crippen LogP contribution in [0.1, 0.15) is 33.4 Å². The van der Waals surface area contributed by atoms with Gasteiger partial charge in [-0.25, -0.2) is 0 Å². The Morgan fingerprint density at radius 1 is 0.500 bits per heavy atom. The second-order valence-electron chi connectivity index (χ2n) is 8.33. The number of fused-ring (bicyclic) bond motifs is 1. The van der Waals surface area contributed by atoms with Crippen LogP contribution in [0.5, 0.6) is 0 Å². The summed E-state index contributed by atoms with van der Waals surface area (Å²) in [5, 5.41) is 0. The highest BCUT2D eigenvalue weighted by Crippen LogP contribution is 2.21. The van der Waals surface area contributed by atoms with Crippen molar-refractivity contribution >= 4 is 20.2 Å². The van der Waals surface area contributed by atoms with Crippen molar-refractivity contribution in [2.75, 3.05) is 0 Å². The van der Waals surface area contributed by atoms with E-state index >= 15 is 0 Å². The molecule has 26 heavy (non-hydrogen) atoms. The molecule has 0 N–H and O–H groups in total. The molecule has 5 aliphatic heterocycles. The number of benzene rings is 3. The Labute approximate surface area is 158 Å². The van der Waals surface area contributed by atoms with Crippen molar-refractivity contribution in [1.82, 2.24) is 0 Å². The van der Waals surface area contributed by atoms with E-state index in [9.17, 15) is 0 Å². The molecule has 130 valence electrons. The predicted molar refractivity (Wildman–Crippen MR) is 116 cm³/mol. The molecule has 0 radical (unpaired) electrons. The van der Waals surface area contributed by atoms with Crippen LogP contribution in [0.4, 0.5) is 0 Å². The Kier molecular flexibility index (Phi) is 4.65. The zero-order valence-electron chi connectivity index (χ0n) is 15.7. The Morgan fingerprint density at radius 2 is 0.846 bits per heavy atom. The zero-order valence-corrected chi connectivity index (χ0v) is 16.7. The molecule has 5 heterocycles. The Bertz CT molecular complexity index is 898. The quantitative estimate of drug-likeness (QED) is 0.414. The van der Waals surface area contributed by atoms with Gasteiger partial charge in [0.2, 0.25) is 0 Å². The molecule has 5 aliphatic rings. The zero-order chi connectivity index (χ0) is 18.0. The first kappa shape index (κ1) is 17.1. The second kappa shape index (κ2) is 7.09. The van der Waals surface area contributed by atoms with Crippen LogP contribution in [0.15, 0.2) is 72.8 Å². The first-order valence-electron chi connectivity index (χ1n) is 9.50. The van der Waals surface area contributed by atoms with E-state index in [1.165, 1.54) is 45.5 Å². The topological polar surface area (TPSA) is 0 Å². The van der Waals surface area contributed by atoms with Crippen LogP contribution < -0.4 is 0 Å². The first-order valence-corrected chi connectivity index (χ1v) is 12.9. The standard InChI is InChI=1S/C25H26Si/c1-26(2)18-24-13-7-21(8-14-24)4-3-20-5-9-22(10-6-20)17-23-11-15-25(19-26)16-12-23/h3-16H,17-19H2,1-2H3/b4-3-. The van der Waals surface area contributed by atoms with Gasteiger partial charge >= 0.3 is 0 Å². The van der Waals surface area contributed by atoms with Crippen LogP contribution in [0, 0.1) is 0 Å². The van der Waals surface area contributed by atoms with Crippen molar-refractivity contribution in [2.24, 2.45) is 0 Å². The van der Waals surface area contributed by atoms with E-state index in [1.807, 2.05) is 0 Å². The van der Waals surface area contributed by atoms with Gasteiger partial charge in [-0.1, -0.05) is 109 Å². The Hall–Kier alpha value is -2.38. The summed E-state index contributed by atoms with van der Waals surface area (Å²) in [6.45, 7) is 5.02. The molecule has 1 heteroatoms. The third kappa shape index (κ3) is 4.23. The average molecular weight is 355 g/mol. The van der Waals surface area contributed by atoms with Gasteiger partial charge in [0.05, 0.1) is 8.07 Å². The van der Waals surface area contributed by atoms with E-state index < -0.39 is 8.07 Å². The van der Waals surface area contributed by atoms with Gasteiger partial charge < -0.3 is 0 Å². The van der Waals surface area contributed by atoms with E-state index in [2.05, 4.69) is 98.0 Å². The highest BCUT2D eigenvalue weighted by Gasteiger charge is 2.21. The molecule has 0 fully saturated rings. The lowest BCUT2D eigenvalue weighted by Crippen LogP contribution is -2.32. The SMILES string of the molecule is C[Si]1(C)Cc2ccc(cc2)/C=C\c2ccc(cc2)Cc2ccc(cc2)C1. The monoisotopic (exact) mass is 354 g/mol. The van der Waals surface area contributed by atoms with E-state index in [1.54, 1.807) is 0 Å². The predicted octanol–water partition coefficient (Wildman–Crippen LogP) is 6.33. The van der Waals surface area contributed by atoms with E-state index in [0.717, 1.165) is 6.42 Å². The lowest BCUT2D eigenvalue weighted by molar-refractivity contribution is 1.16. The van der Waals surface area contributed by atoms with Crippen molar-refractivity contribution in [3.8, 4) is 0 Å². The highest BCUT2D eigenvalue weighted by atomic mass is 28.3. The number of hydrogen-bond donors (Lipinski definition) is 0. The summed E-state index contributed by atoms with van der Waals surface area (Å²) in [6, 6.07) is 29.8. The minimum atomic E-state index is -1.32. The molecule has 8 rings (SSSR count). The maximum atomic E-state index is 2.51. The van der Waals surface area contributed by atoms with Gasteiger partial charge in [0.25, 0.3) is 0 Å². The first-order chi connectivity index (χ1) is 12.6. The smallest absolute Gasteiger partial charge is 0.0561 e. The molecule has 3 aromatic rings. The molecule has 0 spiro atoms. The molecule has 0 nitrogen and oxygen atoms in total. The minimum Gasteiger partial charge on any atom is -0.0689 e. The summed E-state index contributed by atoms with van der Waals surface area (Å²) in [6.07, 6.45) is 5.42. The van der Waals surface area contributed by atoms with Crippen LogP contribution in [0.2, 0.25) is 13.1 Å². The molecule has 0 atom stereocenters. The fourth-order valence-electron chi connectivity index (χ4n) is 3.86. The fourth-order valence-corrected chi connectivity index (χ4v) is 6.67. The molecule has 0 aromatic heterocycles. The van der Waals surface area contributed by atoms with Crippen LogP contribution in [-0.2, 0) is 18.5 Å². The minimum absolute atomic E-state index is 1.01. The van der Waals surface area contributed by atoms with Gasteiger partial charge in [0.1, 0.15) is 0 Å². The lowest BCUT2D eigenvalue weighted by atomic mass is 10.0. The van der Waals surface area contributed by atoms with Crippen LogP contribution in [-0.4, -0.2) is 8.07 Å². The normalized spacial score (nSPS) is 17.0. The van der Waals surface area contributed by atoms with Crippen LogP contribution >= 0.6 is 0 Å². The van der Waals surface area contributed by atoms with Gasteiger partial charge in [-0.3, -0.25) is 0 Å². The van der Waals surface area contributed by atoms with Gasteiger partial charge in [0, 0.05) is 0 Å². The van der Waals surface area contributed by atoms with Gasteiger partial charge in [-0.05, 0) is 40.8 Å². The summed E-state index contributed by atoms with van der Waals surface area (Å²) in [5.41, 5.74) is 8.25. The number of rotatable bonds is 0. The van der Waals surface area contributed by atoms with Gasteiger partial charge in [0.15, 0.2) is 0 Å². The summed E-state index contributed by atoms with van der Waals surface area (Å²) in [4.78, 5) is 0. The molecular formula is C25H26Si.